The largest absolute Gasteiger partial charge is 0.481 e. The molecule has 2 aromatic rings. The molecule has 1 aromatic carbocycles. The summed E-state index contributed by atoms with van der Waals surface area (Å²) in [7, 11) is 0. The molecule has 0 radical (unpaired) electrons. The van der Waals surface area contributed by atoms with Gasteiger partial charge in [0.1, 0.15) is 6.20 Å². The van der Waals surface area contributed by atoms with Crippen molar-refractivity contribution in [1.29, 1.82) is 0 Å². The molecule has 0 fully saturated rings. The molecule has 0 aliphatic heterocycles. The Morgan fingerprint density at radius 3 is 2.60 bits per heavy atom. The Balaban J connectivity index is 2.18. The topological polar surface area (TPSA) is 93.3 Å². The summed E-state index contributed by atoms with van der Waals surface area (Å²) in [5.41, 5.74) is 0.637. The summed E-state index contributed by atoms with van der Waals surface area (Å²) in [4.78, 5) is 26.0. The average Bonchev–Trinajstić information content (AvgIpc) is 2.41. The van der Waals surface area contributed by atoms with Crippen molar-refractivity contribution in [1.82, 2.24) is 4.98 Å². The molecule has 0 aliphatic rings. The van der Waals surface area contributed by atoms with E-state index < -0.39 is 10.9 Å². The summed E-state index contributed by atoms with van der Waals surface area (Å²) < 4.78 is 0. The zero-order valence-electron chi connectivity index (χ0n) is 10.2. The van der Waals surface area contributed by atoms with Gasteiger partial charge in [-0.2, -0.15) is 0 Å². The van der Waals surface area contributed by atoms with Crippen LogP contribution in [0.2, 0.25) is 0 Å². The predicted octanol–water partition coefficient (Wildman–Crippen LogP) is 2.77. The van der Waals surface area contributed by atoms with E-state index in [1.54, 1.807) is 30.3 Å². The van der Waals surface area contributed by atoms with Gasteiger partial charge in [-0.1, -0.05) is 23.9 Å². The standard InChI is InChI=1S/C13H10N2O4S/c16-13(17)7-9-1-3-10(4-2-9)20-12-5-6-14-8-11(12)15(18)19/h1-6,8H,7H2,(H,16,17). The summed E-state index contributed by atoms with van der Waals surface area (Å²) in [6.07, 6.45) is 2.66. The fraction of sp³-hybridized carbons (Fsp3) is 0.0769. The smallest absolute Gasteiger partial charge is 0.307 e. The molecule has 7 heteroatoms. The molecule has 1 heterocycles. The number of aliphatic carboxylic acids is 1. The average molecular weight is 290 g/mol. The van der Waals surface area contributed by atoms with Gasteiger partial charge in [0.25, 0.3) is 0 Å². The van der Waals surface area contributed by atoms with Gasteiger partial charge in [-0.15, -0.1) is 0 Å². The van der Waals surface area contributed by atoms with E-state index >= 15 is 0 Å². The first-order valence-electron chi connectivity index (χ1n) is 5.63. The number of hydrogen-bond donors (Lipinski definition) is 1. The highest BCUT2D eigenvalue weighted by atomic mass is 32.2. The van der Waals surface area contributed by atoms with Crippen LogP contribution >= 0.6 is 11.8 Å². The molecule has 6 nitrogen and oxygen atoms in total. The fourth-order valence-corrected chi connectivity index (χ4v) is 2.46. The highest BCUT2D eigenvalue weighted by Crippen LogP contribution is 2.33. The van der Waals surface area contributed by atoms with Gasteiger partial charge in [0.15, 0.2) is 0 Å². The normalized spacial score (nSPS) is 10.2. The molecule has 0 spiro atoms. The van der Waals surface area contributed by atoms with Gasteiger partial charge in [-0.25, -0.2) is 0 Å². The Kier molecular flexibility index (Phi) is 4.31. The molecule has 0 aliphatic carbocycles. The number of carboxylic acid groups (broad SMARTS) is 1. The third-order valence-electron chi connectivity index (χ3n) is 2.46. The van der Waals surface area contributed by atoms with Crippen molar-refractivity contribution in [3.8, 4) is 0 Å². The molecule has 0 bridgehead atoms. The zero-order chi connectivity index (χ0) is 14.5. The number of rotatable bonds is 5. The first-order chi connectivity index (χ1) is 9.56. The number of nitrogens with zero attached hydrogens (tertiary/aromatic N) is 2. The molecule has 0 atom stereocenters. The molecule has 0 amide bonds. The lowest BCUT2D eigenvalue weighted by Gasteiger charge is -2.03. The Labute approximate surface area is 118 Å². The molecular formula is C13H10N2O4S. The third-order valence-corrected chi connectivity index (χ3v) is 3.54. The summed E-state index contributed by atoms with van der Waals surface area (Å²) >= 11 is 1.24. The van der Waals surface area contributed by atoms with E-state index in [1.807, 2.05) is 0 Å². The number of hydrogen-bond acceptors (Lipinski definition) is 5. The minimum absolute atomic E-state index is 0.0413. The molecule has 1 aromatic heterocycles. The van der Waals surface area contributed by atoms with Crippen LogP contribution in [0.5, 0.6) is 0 Å². The number of pyridine rings is 1. The van der Waals surface area contributed by atoms with E-state index in [0.29, 0.717) is 10.5 Å². The van der Waals surface area contributed by atoms with Gasteiger partial charge in [0.05, 0.1) is 16.2 Å². The van der Waals surface area contributed by atoms with E-state index in [2.05, 4.69) is 4.98 Å². The highest BCUT2D eigenvalue weighted by molar-refractivity contribution is 7.99. The van der Waals surface area contributed by atoms with Gasteiger partial charge < -0.3 is 5.11 Å². The van der Waals surface area contributed by atoms with E-state index in [9.17, 15) is 14.9 Å². The Bertz CT molecular complexity index is 643. The van der Waals surface area contributed by atoms with Gasteiger partial charge in [0, 0.05) is 11.1 Å². The zero-order valence-corrected chi connectivity index (χ0v) is 11.0. The van der Waals surface area contributed by atoms with Crippen molar-refractivity contribution in [2.75, 3.05) is 0 Å². The van der Waals surface area contributed by atoms with Crippen LogP contribution in [-0.4, -0.2) is 21.0 Å². The van der Waals surface area contributed by atoms with Crippen LogP contribution in [0.3, 0.4) is 0 Å². The molecule has 2 rings (SSSR count). The second-order valence-electron chi connectivity index (χ2n) is 3.92. The SMILES string of the molecule is O=C(O)Cc1ccc(Sc2ccncc2[N+](=O)[O-])cc1. The predicted molar refractivity (Wildman–Crippen MR) is 72.8 cm³/mol. The summed E-state index contributed by atoms with van der Waals surface area (Å²) in [6, 6.07) is 8.46. The molecule has 0 unspecified atom stereocenters. The molecule has 0 saturated carbocycles. The lowest BCUT2D eigenvalue weighted by Crippen LogP contribution is -1.99. The highest BCUT2D eigenvalue weighted by Gasteiger charge is 2.14. The van der Waals surface area contributed by atoms with Crippen molar-refractivity contribution in [2.45, 2.75) is 16.2 Å². The van der Waals surface area contributed by atoms with Gasteiger partial charge in [-0.05, 0) is 23.8 Å². The molecular weight excluding hydrogens is 280 g/mol. The second kappa shape index (κ2) is 6.16. The monoisotopic (exact) mass is 290 g/mol. The first kappa shape index (κ1) is 14.0. The van der Waals surface area contributed by atoms with Gasteiger partial charge in [0.2, 0.25) is 0 Å². The van der Waals surface area contributed by atoms with Gasteiger partial charge >= 0.3 is 11.7 Å². The van der Waals surface area contributed by atoms with Crippen molar-refractivity contribution in [3.05, 3.63) is 58.4 Å². The number of benzene rings is 1. The van der Waals surface area contributed by atoms with Crippen molar-refractivity contribution < 1.29 is 14.8 Å². The maximum atomic E-state index is 10.9. The van der Waals surface area contributed by atoms with Crippen LogP contribution in [0.4, 0.5) is 5.69 Å². The maximum absolute atomic E-state index is 10.9. The lowest BCUT2D eigenvalue weighted by atomic mass is 10.2. The summed E-state index contributed by atoms with van der Waals surface area (Å²) in [6.45, 7) is 0. The van der Waals surface area contributed by atoms with E-state index in [4.69, 9.17) is 5.11 Å². The molecule has 0 saturated heterocycles. The van der Waals surface area contributed by atoms with Crippen molar-refractivity contribution in [2.24, 2.45) is 0 Å². The number of carbonyl (C=O) groups is 1. The van der Waals surface area contributed by atoms with Crippen LogP contribution < -0.4 is 0 Å². The van der Waals surface area contributed by atoms with E-state index in [0.717, 1.165) is 4.90 Å². The van der Waals surface area contributed by atoms with E-state index in [1.165, 1.54) is 24.2 Å². The van der Waals surface area contributed by atoms with Crippen molar-refractivity contribution >= 4 is 23.4 Å². The number of aromatic nitrogens is 1. The minimum atomic E-state index is -0.893. The fourth-order valence-electron chi connectivity index (χ4n) is 1.57. The van der Waals surface area contributed by atoms with E-state index in [-0.39, 0.29) is 12.1 Å². The summed E-state index contributed by atoms with van der Waals surface area (Å²) in [5, 5.41) is 19.6. The van der Waals surface area contributed by atoms with Crippen LogP contribution in [0.25, 0.3) is 0 Å². The van der Waals surface area contributed by atoms with Crippen LogP contribution in [-0.2, 0) is 11.2 Å². The van der Waals surface area contributed by atoms with Crippen LogP contribution in [0.1, 0.15) is 5.56 Å². The molecule has 102 valence electrons. The summed E-state index contributed by atoms with van der Waals surface area (Å²) in [5.74, 6) is -0.893. The lowest BCUT2D eigenvalue weighted by molar-refractivity contribution is -0.388. The van der Waals surface area contributed by atoms with Crippen molar-refractivity contribution in [3.63, 3.8) is 0 Å². The first-order valence-corrected chi connectivity index (χ1v) is 6.45. The number of carboxylic acids is 1. The van der Waals surface area contributed by atoms with Crippen LogP contribution in [0.15, 0.2) is 52.5 Å². The Morgan fingerprint density at radius 2 is 2.00 bits per heavy atom. The minimum Gasteiger partial charge on any atom is -0.481 e. The second-order valence-corrected chi connectivity index (χ2v) is 5.03. The molecule has 20 heavy (non-hydrogen) atoms. The maximum Gasteiger partial charge on any atom is 0.307 e. The molecule has 1 N–H and O–H groups in total. The Morgan fingerprint density at radius 1 is 1.30 bits per heavy atom. The quantitative estimate of drug-likeness (QED) is 0.672. The number of nitro groups is 1. The third kappa shape index (κ3) is 3.55. The Hall–Kier alpha value is -2.41. The van der Waals surface area contributed by atoms with Crippen LogP contribution in [0, 0.1) is 10.1 Å². The van der Waals surface area contributed by atoms with Gasteiger partial charge in [-0.3, -0.25) is 19.9 Å².